The average Bonchev–Trinajstić information content (AvgIpc) is 2.91. The zero-order valence-corrected chi connectivity index (χ0v) is 25.0. The summed E-state index contributed by atoms with van der Waals surface area (Å²) in [5.74, 6) is -0.397. The summed E-state index contributed by atoms with van der Waals surface area (Å²) in [5.41, 5.74) is 5.46. The number of amides is 2. The Labute approximate surface area is 239 Å². The van der Waals surface area contributed by atoms with Gasteiger partial charge in [-0.3, -0.25) is 13.9 Å². The quantitative estimate of drug-likeness (QED) is 0.319. The molecule has 1 N–H and O–H groups in total. The van der Waals surface area contributed by atoms with Gasteiger partial charge in [-0.1, -0.05) is 66.7 Å². The largest absolute Gasteiger partial charge is 0.355 e. The fourth-order valence-electron chi connectivity index (χ4n) is 4.81. The van der Waals surface area contributed by atoms with Crippen molar-refractivity contribution < 1.29 is 18.0 Å². The molecule has 7 nitrogen and oxygen atoms in total. The molecule has 0 aliphatic carbocycles. The molecule has 0 bridgehead atoms. The number of sulfonamides is 1. The molecule has 0 radical (unpaired) electrons. The Hall–Kier alpha value is -3.65. The Morgan fingerprint density at radius 2 is 1.52 bits per heavy atom. The lowest BCUT2D eigenvalue weighted by atomic mass is 10.0. The number of aryl methyl sites for hydroxylation is 2. The van der Waals surface area contributed by atoms with Gasteiger partial charge in [-0.25, -0.2) is 8.42 Å². The first-order valence-corrected chi connectivity index (χ1v) is 15.6. The molecular formula is C32H41N3O4S. The zero-order valence-electron chi connectivity index (χ0n) is 24.2. The van der Waals surface area contributed by atoms with E-state index in [0.29, 0.717) is 25.1 Å². The number of nitrogens with one attached hydrogen (secondary N) is 1. The second-order valence-corrected chi connectivity index (χ2v) is 12.1. The van der Waals surface area contributed by atoms with Crippen LogP contribution in [-0.2, 0) is 32.6 Å². The average molecular weight is 564 g/mol. The highest BCUT2D eigenvalue weighted by molar-refractivity contribution is 7.92. The van der Waals surface area contributed by atoms with Crippen molar-refractivity contribution >= 4 is 27.5 Å². The first kappa shape index (κ1) is 30.9. The number of carbonyl (C=O) groups excluding carboxylic acids is 2. The van der Waals surface area contributed by atoms with Gasteiger partial charge in [0.15, 0.2) is 0 Å². The van der Waals surface area contributed by atoms with Crippen LogP contribution in [0.25, 0.3) is 0 Å². The van der Waals surface area contributed by atoms with Crippen LogP contribution < -0.4 is 9.62 Å². The van der Waals surface area contributed by atoms with Crippen molar-refractivity contribution in [3.8, 4) is 0 Å². The maximum Gasteiger partial charge on any atom is 0.243 e. The molecule has 0 saturated heterocycles. The van der Waals surface area contributed by atoms with Gasteiger partial charge in [0.1, 0.15) is 6.04 Å². The van der Waals surface area contributed by atoms with Crippen molar-refractivity contribution in [2.45, 2.75) is 59.5 Å². The summed E-state index contributed by atoms with van der Waals surface area (Å²) >= 11 is 0. The Morgan fingerprint density at radius 3 is 2.17 bits per heavy atom. The summed E-state index contributed by atoms with van der Waals surface area (Å²) in [6.07, 6.45) is 1.98. The molecule has 1 atom stereocenters. The van der Waals surface area contributed by atoms with Crippen LogP contribution in [0.15, 0.2) is 72.8 Å². The van der Waals surface area contributed by atoms with Gasteiger partial charge in [-0.2, -0.15) is 0 Å². The Kier molecular flexibility index (Phi) is 10.9. The van der Waals surface area contributed by atoms with E-state index in [2.05, 4.69) is 5.32 Å². The van der Waals surface area contributed by atoms with Gasteiger partial charge in [0.25, 0.3) is 0 Å². The van der Waals surface area contributed by atoms with Crippen LogP contribution in [0.5, 0.6) is 0 Å². The van der Waals surface area contributed by atoms with Crippen LogP contribution in [0.3, 0.4) is 0 Å². The van der Waals surface area contributed by atoms with Crippen LogP contribution in [-0.4, -0.2) is 50.5 Å². The third-order valence-electron chi connectivity index (χ3n) is 7.22. The molecule has 0 spiro atoms. The number of rotatable bonds is 13. The molecule has 0 aliphatic heterocycles. The van der Waals surface area contributed by atoms with Crippen molar-refractivity contribution in [1.82, 2.24) is 10.2 Å². The topological polar surface area (TPSA) is 86.8 Å². The van der Waals surface area contributed by atoms with E-state index in [1.807, 2.05) is 94.4 Å². The first-order chi connectivity index (χ1) is 19.0. The minimum Gasteiger partial charge on any atom is -0.355 e. The standard InChI is InChI=1S/C32H41N3O4S/c1-6-33-32(37)30(22-27-16-8-7-9-17-27)34(23-28-18-11-10-14-25(28)3)31(36)20-13-21-35(40(5,38)39)29-19-12-15-24(2)26(29)4/h7-12,14-19,30H,6,13,20-23H2,1-5H3,(H,33,37). The monoisotopic (exact) mass is 563 g/mol. The van der Waals surface area contributed by atoms with Crippen molar-refractivity contribution in [1.29, 1.82) is 0 Å². The smallest absolute Gasteiger partial charge is 0.243 e. The van der Waals surface area contributed by atoms with Crippen LogP contribution >= 0.6 is 0 Å². The van der Waals surface area contributed by atoms with Crippen LogP contribution in [0.4, 0.5) is 5.69 Å². The number of likely N-dealkylation sites (N-methyl/N-ethyl adjacent to an activating group) is 1. The SMILES string of the molecule is CCNC(=O)C(Cc1ccccc1)N(Cc1ccccc1C)C(=O)CCCN(c1cccc(C)c1C)S(C)(=O)=O. The lowest BCUT2D eigenvalue weighted by Gasteiger charge is -2.32. The van der Waals surface area contributed by atoms with E-state index in [4.69, 9.17) is 0 Å². The second-order valence-electron chi connectivity index (χ2n) is 10.2. The first-order valence-electron chi connectivity index (χ1n) is 13.7. The number of nitrogens with zero attached hydrogens (tertiary/aromatic N) is 2. The number of hydrogen-bond acceptors (Lipinski definition) is 4. The maximum absolute atomic E-state index is 13.9. The minimum absolute atomic E-state index is 0.105. The molecule has 3 aromatic rings. The lowest BCUT2D eigenvalue weighted by Crippen LogP contribution is -2.50. The number of anilines is 1. The molecule has 0 aromatic heterocycles. The van der Waals surface area contributed by atoms with Crippen LogP contribution in [0.1, 0.15) is 47.6 Å². The zero-order chi connectivity index (χ0) is 29.3. The fraction of sp³-hybridized carbons (Fsp3) is 0.375. The van der Waals surface area contributed by atoms with E-state index < -0.39 is 16.1 Å². The minimum atomic E-state index is -3.56. The van der Waals surface area contributed by atoms with Gasteiger partial charge < -0.3 is 10.2 Å². The van der Waals surface area contributed by atoms with Crippen molar-refractivity contribution in [3.63, 3.8) is 0 Å². The van der Waals surface area contributed by atoms with E-state index in [9.17, 15) is 18.0 Å². The summed E-state index contributed by atoms with van der Waals surface area (Å²) in [6, 6.07) is 22.4. The maximum atomic E-state index is 13.9. The summed E-state index contributed by atoms with van der Waals surface area (Å²) < 4.78 is 26.8. The third-order valence-corrected chi connectivity index (χ3v) is 8.40. The van der Waals surface area contributed by atoms with Crippen molar-refractivity contribution in [2.24, 2.45) is 0 Å². The highest BCUT2D eigenvalue weighted by Gasteiger charge is 2.30. The molecule has 3 aromatic carbocycles. The third kappa shape index (κ3) is 8.18. The van der Waals surface area contributed by atoms with E-state index in [1.165, 1.54) is 10.6 Å². The van der Waals surface area contributed by atoms with Gasteiger partial charge >= 0.3 is 0 Å². The van der Waals surface area contributed by atoms with Crippen LogP contribution in [0.2, 0.25) is 0 Å². The van der Waals surface area contributed by atoms with Crippen molar-refractivity contribution in [3.05, 3.63) is 101 Å². The van der Waals surface area contributed by atoms with Crippen LogP contribution in [0, 0.1) is 20.8 Å². The summed E-state index contributed by atoms with van der Waals surface area (Å²) in [5, 5.41) is 2.91. The highest BCUT2D eigenvalue weighted by Crippen LogP contribution is 2.26. The van der Waals surface area contributed by atoms with Crippen molar-refractivity contribution in [2.75, 3.05) is 23.7 Å². The number of hydrogen-bond donors (Lipinski definition) is 1. The van der Waals surface area contributed by atoms with E-state index in [1.54, 1.807) is 11.0 Å². The fourth-order valence-corrected chi connectivity index (χ4v) is 5.82. The lowest BCUT2D eigenvalue weighted by molar-refractivity contribution is -0.141. The molecule has 8 heteroatoms. The normalized spacial score (nSPS) is 12.0. The molecule has 2 amide bonds. The summed E-state index contributed by atoms with van der Waals surface area (Å²) in [6.45, 7) is 8.60. The summed E-state index contributed by atoms with van der Waals surface area (Å²) in [4.78, 5) is 28.9. The molecule has 40 heavy (non-hydrogen) atoms. The van der Waals surface area contributed by atoms with Gasteiger partial charge in [0, 0.05) is 32.5 Å². The van der Waals surface area contributed by atoms with Gasteiger partial charge in [-0.15, -0.1) is 0 Å². The number of carbonyl (C=O) groups is 2. The molecule has 214 valence electrons. The van der Waals surface area contributed by atoms with Gasteiger partial charge in [0.05, 0.1) is 11.9 Å². The second kappa shape index (κ2) is 14.1. The molecule has 0 saturated carbocycles. The molecule has 1 unspecified atom stereocenters. The Bertz CT molecular complexity index is 1410. The van der Waals surface area contributed by atoms with Gasteiger partial charge in [-0.05, 0) is 68.0 Å². The molecule has 3 rings (SSSR count). The van der Waals surface area contributed by atoms with E-state index in [0.717, 1.165) is 27.8 Å². The van der Waals surface area contributed by atoms with E-state index >= 15 is 0 Å². The highest BCUT2D eigenvalue weighted by atomic mass is 32.2. The molecule has 0 heterocycles. The molecule has 0 fully saturated rings. The Morgan fingerprint density at radius 1 is 0.875 bits per heavy atom. The number of benzene rings is 3. The Balaban J connectivity index is 1.89. The predicted octanol–water partition coefficient (Wildman–Crippen LogP) is 4.93. The molecule has 0 aliphatic rings. The van der Waals surface area contributed by atoms with E-state index in [-0.39, 0.29) is 31.3 Å². The predicted molar refractivity (Wildman–Crippen MR) is 162 cm³/mol. The molecular weight excluding hydrogens is 522 g/mol. The van der Waals surface area contributed by atoms with Gasteiger partial charge in [0.2, 0.25) is 21.8 Å². The summed E-state index contributed by atoms with van der Waals surface area (Å²) in [7, 11) is -3.56.